The van der Waals surface area contributed by atoms with Crippen LogP contribution < -0.4 is 5.32 Å². The Morgan fingerprint density at radius 1 is 1.24 bits per heavy atom. The smallest absolute Gasteiger partial charge is 0.273 e. The molecule has 1 aromatic carbocycles. The molecule has 1 heterocycles. The molecule has 2 rings (SSSR count). The van der Waals surface area contributed by atoms with Gasteiger partial charge in [-0.1, -0.05) is 29.5 Å². The Morgan fingerprint density at radius 3 is 2.56 bits per heavy atom. The first-order valence-corrected chi connectivity index (χ1v) is 8.54. The summed E-state index contributed by atoms with van der Waals surface area (Å²) in [6, 6.07) is 7.86. The van der Waals surface area contributed by atoms with E-state index >= 15 is 0 Å². The number of amides is 1. The molecule has 1 amide bonds. The molecule has 0 fully saturated rings. The maximum atomic E-state index is 12.4. The van der Waals surface area contributed by atoms with Crippen molar-refractivity contribution in [1.29, 1.82) is 0 Å². The zero-order valence-electron chi connectivity index (χ0n) is 15.2. The number of hydrogen-bond donors (Lipinski definition) is 1. The zero-order chi connectivity index (χ0) is 18.2. The third-order valence-corrected chi connectivity index (χ3v) is 3.82. The molecule has 2 aromatic rings. The molecule has 7 heteroatoms. The first-order chi connectivity index (χ1) is 12.0. The van der Waals surface area contributed by atoms with Crippen molar-refractivity contribution < 1.29 is 14.3 Å². The minimum atomic E-state index is -0.404. The van der Waals surface area contributed by atoms with Crippen LogP contribution in [0.3, 0.4) is 0 Å². The van der Waals surface area contributed by atoms with E-state index in [1.165, 1.54) is 0 Å². The van der Waals surface area contributed by atoms with E-state index in [1.807, 2.05) is 52.0 Å². The number of carbonyl (C=O) groups excluding carboxylic acids is 1. The molecule has 0 unspecified atom stereocenters. The molecule has 1 atom stereocenters. The molecule has 25 heavy (non-hydrogen) atoms. The van der Waals surface area contributed by atoms with Gasteiger partial charge in [0.15, 0.2) is 12.0 Å². The van der Waals surface area contributed by atoms with E-state index in [1.54, 1.807) is 10.9 Å². The number of hydrogen-bond acceptors (Lipinski definition) is 5. The molecule has 136 valence electrons. The molecule has 7 nitrogen and oxygen atoms in total. The highest BCUT2D eigenvalue weighted by molar-refractivity contribution is 5.92. The molecule has 1 N–H and O–H groups in total. The average Bonchev–Trinajstić information content (AvgIpc) is 3.04. The van der Waals surface area contributed by atoms with Crippen molar-refractivity contribution >= 4 is 5.91 Å². The van der Waals surface area contributed by atoms with Gasteiger partial charge in [-0.3, -0.25) is 4.79 Å². The minimum Gasteiger partial charge on any atom is -0.351 e. The Hall–Kier alpha value is -2.25. The van der Waals surface area contributed by atoms with E-state index in [0.29, 0.717) is 19.8 Å². The molecule has 1 aromatic heterocycles. The number of aromatic nitrogens is 3. The molecule has 0 aliphatic heterocycles. The van der Waals surface area contributed by atoms with E-state index < -0.39 is 6.29 Å². The van der Waals surface area contributed by atoms with E-state index in [2.05, 4.69) is 15.6 Å². The monoisotopic (exact) mass is 346 g/mol. The van der Waals surface area contributed by atoms with Crippen molar-refractivity contribution in [3.63, 3.8) is 0 Å². The van der Waals surface area contributed by atoms with Gasteiger partial charge in [0.2, 0.25) is 0 Å². The number of carbonyl (C=O) groups is 1. The summed E-state index contributed by atoms with van der Waals surface area (Å²) < 4.78 is 12.5. The number of nitrogens with zero attached hydrogens (tertiary/aromatic N) is 3. The van der Waals surface area contributed by atoms with Crippen LogP contribution in [0.4, 0.5) is 0 Å². The molecular formula is C18H26N4O3. The van der Waals surface area contributed by atoms with E-state index in [9.17, 15) is 4.79 Å². The highest BCUT2D eigenvalue weighted by Gasteiger charge is 2.17. The standard InChI is InChI=1S/C18H26N4O3/c1-5-24-17(25-6-2)12-22-11-16(20-21-22)18(23)19-14(4)15-10-8-7-9-13(15)3/h7-11,14,17H,5-6,12H2,1-4H3,(H,19,23)/t14-/m0/s1. The predicted molar refractivity (Wildman–Crippen MR) is 94.1 cm³/mol. The summed E-state index contributed by atoms with van der Waals surface area (Å²) in [5, 5.41) is 10.9. The Kier molecular flexibility index (Phi) is 7.09. The summed E-state index contributed by atoms with van der Waals surface area (Å²) in [5.74, 6) is -0.258. The van der Waals surface area contributed by atoms with Crippen LogP contribution >= 0.6 is 0 Å². The second kappa shape index (κ2) is 9.29. The Labute approximate surface area is 148 Å². The summed E-state index contributed by atoms with van der Waals surface area (Å²) in [6.45, 7) is 9.25. The Morgan fingerprint density at radius 2 is 1.92 bits per heavy atom. The molecule has 0 aliphatic carbocycles. The average molecular weight is 346 g/mol. The van der Waals surface area contributed by atoms with Gasteiger partial charge in [0.25, 0.3) is 5.91 Å². The van der Waals surface area contributed by atoms with Crippen molar-refractivity contribution in [3.8, 4) is 0 Å². The molecule has 0 saturated heterocycles. The van der Waals surface area contributed by atoms with E-state index in [0.717, 1.165) is 11.1 Å². The van der Waals surface area contributed by atoms with Crippen molar-refractivity contribution in [2.24, 2.45) is 0 Å². The number of ether oxygens (including phenoxy) is 2. The van der Waals surface area contributed by atoms with Crippen LogP contribution in [0.25, 0.3) is 0 Å². The van der Waals surface area contributed by atoms with Gasteiger partial charge in [0.1, 0.15) is 0 Å². The van der Waals surface area contributed by atoms with Crippen LogP contribution in [-0.2, 0) is 16.0 Å². The van der Waals surface area contributed by atoms with Crippen LogP contribution in [0.2, 0.25) is 0 Å². The predicted octanol–water partition coefficient (Wildman–Crippen LogP) is 2.48. The van der Waals surface area contributed by atoms with Gasteiger partial charge in [-0.15, -0.1) is 5.10 Å². The molecule has 0 bridgehead atoms. The van der Waals surface area contributed by atoms with Crippen molar-refractivity contribution in [1.82, 2.24) is 20.3 Å². The molecule has 0 spiro atoms. The van der Waals surface area contributed by atoms with Crippen LogP contribution in [0.15, 0.2) is 30.5 Å². The lowest BCUT2D eigenvalue weighted by molar-refractivity contribution is -0.145. The fraction of sp³-hybridized carbons (Fsp3) is 0.500. The molecule has 0 radical (unpaired) electrons. The highest BCUT2D eigenvalue weighted by atomic mass is 16.7. The number of nitrogens with one attached hydrogen (secondary N) is 1. The summed E-state index contributed by atoms with van der Waals surface area (Å²) in [4.78, 5) is 12.4. The van der Waals surface area contributed by atoms with Crippen molar-refractivity contribution in [2.75, 3.05) is 13.2 Å². The van der Waals surface area contributed by atoms with Gasteiger partial charge >= 0.3 is 0 Å². The summed E-state index contributed by atoms with van der Waals surface area (Å²) in [5.41, 5.74) is 2.48. The van der Waals surface area contributed by atoms with Gasteiger partial charge in [0, 0.05) is 13.2 Å². The zero-order valence-corrected chi connectivity index (χ0v) is 15.2. The molecular weight excluding hydrogens is 320 g/mol. The Balaban J connectivity index is 1.99. The van der Waals surface area contributed by atoms with Crippen LogP contribution in [0.1, 0.15) is 48.4 Å². The maximum Gasteiger partial charge on any atom is 0.273 e. The third-order valence-electron chi connectivity index (χ3n) is 3.82. The quantitative estimate of drug-likeness (QED) is 0.706. The van der Waals surface area contributed by atoms with Gasteiger partial charge in [0.05, 0.1) is 18.8 Å². The normalized spacial score (nSPS) is 12.4. The second-order valence-electron chi connectivity index (χ2n) is 5.72. The Bertz CT molecular complexity index is 680. The van der Waals surface area contributed by atoms with E-state index in [4.69, 9.17) is 9.47 Å². The summed E-state index contributed by atoms with van der Waals surface area (Å²) >= 11 is 0. The molecule has 0 saturated carbocycles. The van der Waals surface area contributed by atoms with Crippen LogP contribution in [0, 0.1) is 6.92 Å². The number of aryl methyl sites for hydroxylation is 1. The lowest BCUT2D eigenvalue weighted by atomic mass is 10.0. The molecule has 0 aliphatic rings. The van der Waals surface area contributed by atoms with Crippen molar-refractivity contribution in [3.05, 3.63) is 47.3 Å². The fourth-order valence-corrected chi connectivity index (χ4v) is 2.59. The first-order valence-electron chi connectivity index (χ1n) is 8.54. The van der Waals surface area contributed by atoms with Crippen molar-refractivity contribution in [2.45, 2.75) is 46.6 Å². The minimum absolute atomic E-state index is 0.113. The van der Waals surface area contributed by atoms with Crippen LogP contribution in [-0.4, -0.2) is 40.4 Å². The second-order valence-corrected chi connectivity index (χ2v) is 5.72. The van der Waals surface area contributed by atoms with E-state index in [-0.39, 0.29) is 17.6 Å². The summed E-state index contributed by atoms with van der Waals surface area (Å²) in [7, 11) is 0. The number of benzene rings is 1. The maximum absolute atomic E-state index is 12.4. The van der Waals surface area contributed by atoms with Gasteiger partial charge < -0.3 is 14.8 Å². The van der Waals surface area contributed by atoms with Gasteiger partial charge in [-0.2, -0.15) is 0 Å². The summed E-state index contributed by atoms with van der Waals surface area (Å²) in [6.07, 6.45) is 1.20. The lowest BCUT2D eigenvalue weighted by Crippen LogP contribution is -2.27. The van der Waals surface area contributed by atoms with Crippen LogP contribution in [0.5, 0.6) is 0 Å². The fourth-order valence-electron chi connectivity index (χ4n) is 2.59. The first kappa shape index (κ1) is 19.1. The largest absolute Gasteiger partial charge is 0.351 e. The highest BCUT2D eigenvalue weighted by Crippen LogP contribution is 2.17. The third kappa shape index (κ3) is 5.37. The lowest BCUT2D eigenvalue weighted by Gasteiger charge is -2.16. The van der Waals surface area contributed by atoms with Gasteiger partial charge in [-0.05, 0) is 38.8 Å². The number of rotatable bonds is 9. The SMILES string of the molecule is CCOC(Cn1cc(C(=O)N[C@@H](C)c2ccccc2C)nn1)OCC. The topological polar surface area (TPSA) is 78.3 Å². The van der Waals surface area contributed by atoms with Gasteiger partial charge in [-0.25, -0.2) is 4.68 Å².